The first-order valence-electron chi connectivity index (χ1n) is 4.21. The fourth-order valence-corrected chi connectivity index (χ4v) is 1.28. The number of halogens is 1. The van der Waals surface area contributed by atoms with E-state index in [-0.39, 0.29) is 5.78 Å². The smallest absolute Gasteiger partial charge is 0.178 e. The van der Waals surface area contributed by atoms with E-state index in [1.165, 1.54) is 5.56 Å². The number of rotatable bonds is 2. The van der Waals surface area contributed by atoms with Gasteiger partial charge in [-0.1, -0.05) is 45.8 Å². The van der Waals surface area contributed by atoms with Crippen molar-refractivity contribution in [1.29, 1.82) is 0 Å². The first-order valence-corrected chi connectivity index (χ1v) is 5.01. The van der Waals surface area contributed by atoms with Crippen molar-refractivity contribution in [2.45, 2.75) is 25.1 Å². The molecule has 0 radical (unpaired) electrons. The average molecular weight is 241 g/mol. The van der Waals surface area contributed by atoms with E-state index >= 15 is 0 Å². The summed E-state index contributed by atoms with van der Waals surface area (Å²) in [4.78, 5) is 11.7. The van der Waals surface area contributed by atoms with E-state index in [1.807, 2.05) is 45.0 Å². The van der Waals surface area contributed by atoms with Gasteiger partial charge in [0.25, 0.3) is 0 Å². The number of alkyl halides is 1. The lowest BCUT2D eigenvalue weighted by atomic mass is 10.0. The van der Waals surface area contributed by atoms with Crippen LogP contribution in [0.5, 0.6) is 0 Å². The second kappa shape index (κ2) is 3.62. The van der Waals surface area contributed by atoms with E-state index in [4.69, 9.17) is 0 Å². The fraction of sp³-hybridized carbons (Fsp3) is 0.364. The molecule has 13 heavy (non-hydrogen) atoms. The van der Waals surface area contributed by atoms with E-state index in [2.05, 4.69) is 15.9 Å². The average Bonchev–Trinajstić information content (AvgIpc) is 2.03. The van der Waals surface area contributed by atoms with Crippen molar-refractivity contribution in [3.63, 3.8) is 0 Å². The summed E-state index contributed by atoms with van der Waals surface area (Å²) >= 11 is 3.35. The van der Waals surface area contributed by atoms with Gasteiger partial charge < -0.3 is 0 Å². The van der Waals surface area contributed by atoms with Crippen molar-refractivity contribution in [2.24, 2.45) is 0 Å². The highest BCUT2D eigenvalue weighted by molar-refractivity contribution is 9.10. The number of ketones is 1. The molecule has 1 nitrogen and oxygen atoms in total. The summed E-state index contributed by atoms with van der Waals surface area (Å²) in [5.74, 6) is 0.118. The molecule has 0 fully saturated rings. The monoisotopic (exact) mass is 240 g/mol. The first kappa shape index (κ1) is 10.5. The minimum Gasteiger partial charge on any atom is -0.293 e. The molecular formula is C11H13BrO. The van der Waals surface area contributed by atoms with Gasteiger partial charge in [0.15, 0.2) is 5.78 Å². The van der Waals surface area contributed by atoms with Crippen LogP contribution in [0.4, 0.5) is 0 Å². The lowest BCUT2D eigenvalue weighted by molar-refractivity contribution is 0.0961. The largest absolute Gasteiger partial charge is 0.293 e. The maximum absolute atomic E-state index is 11.7. The van der Waals surface area contributed by atoms with E-state index in [0.717, 1.165) is 5.56 Å². The van der Waals surface area contributed by atoms with Crippen molar-refractivity contribution >= 4 is 21.7 Å². The maximum atomic E-state index is 11.7. The molecule has 0 bridgehead atoms. The SMILES string of the molecule is Cc1ccc(C(=O)C(C)(C)Br)cc1. The van der Waals surface area contributed by atoms with Crippen molar-refractivity contribution in [1.82, 2.24) is 0 Å². The predicted octanol–water partition coefficient (Wildman–Crippen LogP) is 3.35. The molecule has 1 aromatic carbocycles. The molecule has 2 heteroatoms. The summed E-state index contributed by atoms with van der Waals surface area (Å²) in [6.45, 7) is 5.72. The van der Waals surface area contributed by atoms with E-state index in [1.54, 1.807) is 0 Å². The summed E-state index contributed by atoms with van der Waals surface area (Å²) in [6.07, 6.45) is 0. The first-order chi connectivity index (χ1) is 5.91. The highest BCUT2D eigenvalue weighted by Gasteiger charge is 2.24. The molecule has 70 valence electrons. The summed E-state index contributed by atoms with van der Waals surface area (Å²) in [5, 5.41) is 0. The summed E-state index contributed by atoms with van der Waals surface area (Å²) in [5.41, 5.74) is 1.93. The molecular weight excluding hydrogens is 228 g/mol. The van der Waals surface area contributed by atoms with Crippen LogP contribution in [-0.4, -0.2) is 10.1 Å². The van der Waals surface area contributed by atoms with E-state index < -0.39 is 4.32 Å². The third-order valence-electron chi connectivity index (χ3n) is 1.85. The van der Waals surface area contributed by atoms with Gasteiger partial charge in [0.1, 0.15) is 0 Å². The quantitative estimate of drug-likeness (QED) is 0.573. The molecule has 0 saturated carbocycles. The second-order valence-electron chi connectivity index (χ2n) is 3.67. The zero-order chi connectivity index (χ0) is 10.1. The Kier molecular flexibility index (Phi) is 2.91. The lowest BCUT2D eigenvalue weighted by Gasteiger charge is -2.14. The van der Waals surface area contributed by atoms with Gasteiger partial charge in [-0.2, -0.15) is 0 Å². The molecule has 0 N–H and O–H groups in total. The minimum atomic E-state index is -0.470. The summed E-state index contributed by atoms with van der Waals surface area (Å²) in [7, 11) is 0. The Morgan fingerprint density at radius 1 is 1.23 bits per heavy atom. The van der Waals surface area contributed by atoms with Crippen LogP contribution in [0.1, 0.15) is 29.8 Å². The minimum absolute atomic E-state index is 0.118. The van der Waals surface area contributed by atoms with Crippen LogP contribution in [0.2, 0.25) is 0 Å². The number of aryl methyl sites for hydroxylation is 1. The Hall–Kier alpha value is -0.630. The Morgan fingerprint density at radius 2 is 1.69 bits per heavy atom. The molecule has 0 heterocycles. The fourth-order valence-electron chi connectivity index (χ4n) is 1.05. The van der Waals surface area contributed by atoms with Crippen LogP contribution < -0.4 is 0 Å². The number of Topliss-reactive ketones (excluding diaryl/α,β-unsaturated/α-hetero) is 1. The molecule has 0 saturated heterocycles. The molecule has 0 aliphatic carbocycles. The molecule has 0 spiro atoms. The zero-order valence-electron chi connectivity index (χ0n) is 8.10. The van der Waals surface area contributed by atoms with Crippen LogP contribution in [0.15, 0.2) is 24.3 Å². The van der Waals surface area contributed by atoms with Crippen LogP contribution in [0.3, 0.4) is 0 Å². The van der Waals surface area contributed by atoms with Gasteiger partial charge >= 0.3 is 0 Å². The number of hydrogen-bond donors (Lipinski definition) is 0. The van der Waals surface area contributed by atoms with Crippen LogP contribution >= 0.6 is 15.9 Å². The molecule has 0 atom stereocenters. The van der Waals surface area contributed by atoms with Crippen molar-refractivity contribution < 1.29 is 4.79 Å². The van der Waals surface area contributed by atoms with Gasteiger partial charge in [-0.3, -0.25) is 4.79 Å². The van der Waals surface area contributed by atoms with Gasteiger partial charge in [-0.25, -0.2) is 0 Å². The van der Waals surface area contributed by atoms with Crippen LogP contribution in [0, 0.1) is 6.92 Å². The molecule has 0 aliphatic heterocycles. The van der Waals surface area contributed by atoms with Crippen molar-refractivity contribution in [3.8, 4) is 0 Å². The molecule has 0 aromatic heterocycles. The number of carbonyl (C=O) groups is 1. The Labute approximate surface area is 87.3 Å². The Bertz CT molecular complexity index is 306. The maximum Gasteiger partial charge on any atom is 0.178 e. The molecule has 0 aliphatic rings. The molecule has 1 rings (SSSR count). The third-order valence-corrected chi connectivity index (χ3v) is 2.21. The van der Waals surface area contributed by atoms with Crippen molar-refractivity contribution in [2.75, 3.05) is 0 Å². The van der Waals surface area contributed by atoms with Gasteiger partial charge in [0.2, 0.25) is 0 Å². The van der Waals surface area contributed by atoms with Crippen LogP contribution in [-0.2, 0) is 0 Å². The number of benzene rings is 1. The molecule has 1 aromatic rings. The van der Waals surface area contributed by atoms with Gasteiger partial charge in [-0.15, -0.1) is 0 Å². The topological polar surface area (TPSA) is 17.1 Å². The van der Waals surface area contributed by atoms with Gasteiger partial charge in [-0.05, 0) is 20.8 Å². The van der Waals surface area contributed by atoms with E-state index in [9.17, 15) is 4.79 Å². The summed E-state index contributed by atoms with van der Waals surface area (Å²) in [6, 6.07) is 7.62. The normalized spacial score (nSPS) is 11.4. The lowest BCUT2D eigenvalue weighted by Crippen LogP contribution is -2.23. The van der Waals surface area contributed by atoms with E-state index in [0.29, 0.717) is 0 Å². The Balaban J connectivity index is 2.97. The number of carbonyl (C=O) groups excluding carboxylic acids is 1. The zero-order valence-corrected chi connectivity index (χ0v) is 9.68. The highest BCUT2D eigenvalue weighted by Crippen LogP contribution is 2.22. The van der Waals surface area contributed by atoms with Crippen LogP contribution in [0.25, 0.3) is 0 Å². The molecule has 0 amide bonds. The summed E-state index contributed by atoms with van der Waals surface area (Å²) < 4.78 is -0.470. The van der Waals surface area contributed by atoms with Gasteiger partial charge in [0.05, 0.1) is 4.32 Å². The molecule has 0 unspecified atom stereocenters. The number of hydrogen-bond acceptors (Lipinski definition) is 1. The van der Waals surface area contributed by atoms with Gasteiger partial charge in [0, 0.05) is 5.56 Å². The Morgan fingerprint density at radius 3 is 2.08 bits per heavy atom. The second-order valence-corrected chi connectivity index (χ2v) is 5.65. The highest BCUT2D eigenvalue weighted by atomic mass is 79.9. The standard InChI is InChI=1S/C11H13BrO/c1-8-4-6-9(7-5-8)10(13)11(2,3)12/h4-7H,1-3H3. The predicted molar refractivity (Wildman–Crippen MR) is 58.5 cm³/mol. The van der Waals surface area contributed by atoms with Crippen molar-refractivity contribution in [3.05, 3.63) is 35.4 Å². The third kappa shape index (κ3) is 2.66.